The third-order valence-electron chi connectivity index (χ3n) is 7.64. The van der Waals surface area contributed by atoms with Crippen molar-refractivity contribution in [2.24, 2.45) is 10.8 Å². The number of fused-ring (bicyclic) bond motifs is 5. The van der Waals surface area contributed by atoms with Crippen molar-refractivity contribution in [3.8, 4) is 28.1 Å². The first-order chi connectivity index (χ1) is 17.5. The van der Waals surface area contributed by atoms with E-state index in [2.05, 4.69) is 43.6 Å². The monoisotopic (exact) mass is 556 g/mol. The number of phenols is 1. The van der Waals surface area contributed by atoms with Gasteiger partial charge in [0.25, 0.3) is 0 Å². The lowest BCUT2D eigenvalue weighted by Gasteiger charge is -2.32. The van der Waals surface area contributed by atoms with E-state index in [9.17, 15) is 14.7 Å². The zero-order chi connectivity index (χ0) is 26.3. The number of hydrogen-bond donors (Lipinski definition) is 1. The van der Waals surface area contributed by atoms with Gasteiger partial charge >= 0.3 is 0 Å². The average molecular weight is 557 g/mol. The van der Waals surface area contributed by atoms with Crippen molar-refractivity contribution < 1.29 is 14.7 Å². The van der Waals surface area contributed by atoms with Crippen LogP contribution in [0.1, 0.15) is 72.8 Å². The number of ketones is 2. The van der Waals surface area contributed by atoms with Crippen molar-refractivity contribution in [2.45, 2.75) is 53.4 Å². The Morgan fingerprint density at radius 2 is 1.49 bits per heavy atom. The van der Waals surface area contributed by atoms with E-state index >= 15 is 0 Å². The number of rotatable bonds is 2. The fraction of sp³-hybridized carbons (Fsp3) is 0.323. The number of benzene rings is 2. The number of hydrogen-bond acceptors (Lipinski definition) is 4. The Balaban J connectivity index is 1.85. The molecule has 0 unspecified atom stereocenters. The van der Waals surface area contributed by atoms with Gasteiger partial charge in [-0.3, -0.25) is 9.59 Å². The third-order valence-corrected chi connectivity index (χ3v) is 8.17. The SMILES string of the molecule is CC1(C)CC(=O)c2c(nc(-c3ccc(Br)cc3)c3c(-c4ccccc4O)c4c(n23)CC(C)(C)CC4=O)C1. The summed E-state index contributed by atoms with van der Waals surface area (Å²) in [6.45, 7) is 8.40. The fourth-order valence-corrected chi connectivity index (χ4v) is 6.43. The Labute approximate surface area is 224 Å². The van der Waals surface area contributed by atoms with E-state index in [0.29, 0.717) is 53.6 Å². The molecule has 5 nitrogen and oxygen atoms in total. The first-order valence-electron chi connectivity index (χ1n) is 12.7. The molecule has 0 spiro atoms. The van der Waals surface area contributed by atoms with Crippen molar-refractivity contribution in [3.63, 3.8) is 0 Å². The lowest BCUT2D eigenvalue weighted by Crippen LogP contribution is -2.32. The van der Waals surface area contributed by atoms with E-state index in [1.54, 1.807) is 12.1 Å². The van der Waals surface area contributed by atoms with Crippen LogP contribution >= 0.6 is 15.9 Å². The molecule has 4 aromatic rings. The Kier molecular flexibility index (Phi) is 5.29. The van der Waals surface area contributed by atoms with Gasteiger partial charge in [-0.15, -0.1) is 0 Å². The Hall–Kier alpha value is -3.25. The topological polar surface area (TPSA) is 71.7 Å². The van der Waals surface area contributed by atoms with Crippen LogP contribution in [0.5, 0.6) is 5.75 Å². The molecule has 0 saturated heterocycles. The minimum Gasteiger partial charge on any atom is -0.507 e. The van der Waals surface area contributed by atoms with E-state index in [1.807, 2.05) is 40.8 Å². The zero-order valence-electron chi connectivity index (χ0n) is 21.5. The van der Waals surface area contributed by atoms with Crippen LogP contribution in [0.2, 0.25) is 0 Å². The van der Waals surface area contributed by atoms with Gasteiger partial charge in [-0.1, -0.05) is 74.0 Å². The predicted molar refractivity (Wildman–Crippen MR) is 148 cm³/mol. The van der Waals surface area contributed by atoms with Crippen LogP contribution in [0.3, 0.4) is 0 Å². The van der Waals surface area contributed by atoms with Crippen LogP contribution in [-0.2, 0) is 12.8 Å². The van der Waals surface area contributed by atoms with Crippen LogP contribution in [0.4, 0.5) is 0 Å². The number of carbonyl (C=O) groups is 2. The Morgan fingerprint density at radius 1 is 0.838 bits per heavy atom. The summed E-state index contributed by atoms with van der Waals surface area (Å²) < 4.78 is 2.99. The number of Topliss-reactive ketones (excluding diaryl/α,β-unsaturated/α-hetero) is 2. The highest BCUT2D eigenvalue weighted by molar-refractivity contribution is 9.10. The minimum atomic E-state index is -0.251. The maximum Gasteiger partial charge on any atom is 0.182 e. The van der Waals surface area contributed by atoms with Gasteiger partial charge in [0.05, 0.1) is 16.9 Å². The normalized spacial score (nSPS) is 18.1. The smallest absolute Gasteiger partial charge is 0.182 e. The van der Waals surface area contributed by atoms with Gasteiger partial charge in [0, 0.05) is 45.3 Å². The van der Waals surface area contributed by atoms with Gasteiger partial charge in [-0.05, 0) is 41.9 Å². The number of para-hydroxylation sites is 1. The first kappa shape index (κ1) is 24.1. The number of aromatic nitrogens is 2. The van der Waals surface area contributed by atoms with Crippen molar-refractivity contribution in [1.29, 1.82) is 0 Å². The standard InChI is InChI=1S/C31H29BrN2O3/c1-30(2)13-20-28(24(37)16-30)34-21-14-31(3,4)15-23(36)26(21)25(19-7-5-6-8-22(19)35)29(34)27(33-20)17-9-11-18(32)12-10-17/h5-12,35H,13-16H2,1-4H3. The van der Waals surface area contributed by atoms with Gasteiger partial charge in [-0.2, -0.15) is 0 Å². The molecule has 37 heavy (non-hydrogen) atoms. The summed E-state index contributed by atoms with van der Waals surface area (Å²) >= 11 is 3.53. The molecule has 0 fully saturated rings. The highest BCUT2D eigenvalue weighted by atomic mass is 79.9. The molecule has 0 radical (unpaired) electrons. The summed E-state index contributed by atoms with van der Waals surface area (Å²) in [4.78, 5) is 32.7. The lowest BCUT2D eigenvalue weighted by atomic mass is 9.74. The Bertz CT molecular complexity index is 1630. The molecule has 6 rings (SSSR count). The summed E-state index contributed by atoms with van der Waals surface area (Å²) in [6, 6.07) is 15.1. The first-order valence-corrected chi connectivity index (χ1v) is 13.5. The summed E-state index contributed by atoms with van der Waals surface area (Å²) in [5.74, 6) is 0.179. The van der Waals surface area contributed by atoms with Crippen LogP contribution in [0.15, 0.2) is 53.0 Å². The van der Waals surface area contributed by atoms with E-state index < -0.39 is 0 Å². The van der Waals surface area contributed by atoms with Gasteiger partial charge in [0.1, 0.15) is 11.4 Å². The fourth-order valence-electron chi connectivity index (χ4n) is 6.17. The third kappa shape index (κ3) is 3.84. The van der Waals surface area contributed by atoms with Crippen molar-refractivity contribution >= 4 is 33.0 Å². The zero-order valence-corrected chi connectivity index (χ0v) is 23.1. The van der Waals surface area contributed by atoms with Gasteiger partial charge in [0.2, 0.25) is 0 Å². The molecule has 2 heterocycles. The average Bonchev–Trinajstić information content (AvgIpc) is 3.12. The quantitative estimate of drug-likeness (QED) is 0.278. The molecule has 0 saturated carbocycles. The highest BCUT2D eigenvalue weighted by Crippen LogP contribution is 2.48. The summed E-state index contributed by atoms with van der Waals surface area (Å²) in [5.41, 5.74) is 5.92. The van der Waals surface area contributed by atoms with E-state index in [-0.39, 0.29) is 28.1 Å². The number of phenolic OH excluding ortho intramolecular Hbond substituents is 1. The van der Waals surface area contributed by atoms with Crippen LogP contribution in [0, 0.1) is 10.8 Å². The predicted octanol–water partition coefficient (Wildman–Crippen LogP) is 7.45. The molecule has 6 heteroatoms. The van der Waals surface area contributed by atoms with Crippen molar-refractivity contribution in [1.82, 2.24) is 9.38 Å². The second-order valence-corrected chi connectivity index (χ2v) is 13.0. The molecule has 188 valence electrons. The van der Waals surface area contributed by atoms with Crippen LogP contribution in [0.25, 0.3) is 27.9 Å². The van der Waals surface area contributed by atoms with Gasteiger partial charge in [-0.25, -0.2) is 4.98 Å². The van der Waals surface area contributed by atoms with Gasteiger partial charge in [0.15, 0.2) is 11.6 Å². The van der Waals surface area contributed by atoms with Crippen molar-refractivity contribution in [2.75, 3.05) is 0 Å². The second kappa shape index (κ2) is 8.12. The van der Waals surface area contributed by atoms with Crippen LogP contribution < -0.4 is 0 Å². The molecule has 2 aromatic carbocycles. The maximum atomic E-state index is 13.8. The minimum absolute atomic E-state index is 0.0345. The molecule has 2 aromatic heterocycles. The molecule has 0 atom stereocenters. The van der Waals surface area contributed by atoms with Crippen molar-refractivity contribution in [3.05, 3.63) is 75.6 Å². The molecule has 0 aliphatic heterocycles. The Morgan fingerprint density at radius 3 is 2.19 bits per heavy atom. The van der Waals surface area contributed by atoms with Gasteiger partial charge < -0.3 is 9.51 Å². The summed E-state index contributed by atoms with van der Waals surface area (Å²) in [5, 5.41) is 11.0. The number of carbonyl (C=O) groups excluding carboxylic acids is 2. The molecule has 2 aliphatic rings. The molecular formula is C31H29BrN2O3. The second-order valence-electron chi connectivity index (χ2n) is 12.0. The number of aromatic hydroxyl groups is 1. The molecular weight excluding hydrogens is 528 g/mol. The molecule has 0 bridgehead atoms. The summed E-state index contributed by atoms with van der Waals surface area (Å²) in [6.07, 6.45) is 2.14. The molecule has 2 aliphatic carbocycles. The summed E-state index contributed by atoms with van der Waals surface area (Å²) in [7, 11) is 0. The highest BCUT2D eigenvalue weighted by Gasteiger charge is 2.41. The number of nitrogens with zero attached hydrogens (tertiary/aromatic N) is 2. The van der Waals surface area contributed by atoms with E-state index in [0.717, 1.165) is 27.1 Å². The lowest BCUT2D eigenvalue weighted by molar-refractivity contribution is 0.0888. The van der Waals surface area contributed by atoms with E-state index in [1.165, 1.54) is 0 Å². The molecule has 1 N–H and O–H groups in total. The molecule has 0 amide bonds. The largest absolute Gasteiger partial charge is 0.507 e. The van der Waals surface area contributed by atoms with Crippen LogP contribution in [-0.4, -0.2) is 26.1 Å². The van der Waals surface area contributed by atoms with E-state index in [4.69, 9.17) is 4.98 Å². The maximum absolute atomic E-state index is 13.8. The number of halogens is 1.